The molecule has 1 amide bonds. The number of benzene rings is 2. The molecule has 0 radical (unpaired) electrons. The first-order chi connectivity index (χ1) is 14.5. The van der Waals surface area contributed by atoms with Gasteiger partial charge in [0.1, 0.15) is 22.9 Å². The predicted octanol–water partition coefficient (Wildman–Crippen LogP) is 3.60. The van der Waals surface area contributed by atoms with Crippen LogP contribution in [0.3, 0.4) is 0 Å². The van der Waals surface area contributed by atoms with Gasteiger partial charge in [0.25, 0.3) is 5.91 Å². The average molecular weight is 407 g/mol. The summed E-state index contributed by atoms with van der Waals surface area (Å²) in [5, 5.41) is 18.1. The van der Waals surface area contributed by atoms with E-state index in [1.807, 2.05) is 50.2 Å². The molecule has 1 aliphatic heterocycles. The molecule has 2 N–H and O–H groups in total. The number of methoxy groups -OCH3 is 2. The van der Waals surface area contributed by atoms with Gasteiger partial charge in [0.05, 0.1) is 19.8 Å². The van der Waals surface area contributed by atoms with Gasteiger partial charge >= 0.3 is 0 Å². The van der Waals surface area contributed by atoms with E-state index in [1.165, 1.54) is 0 Å². The van der Waals surface area contributed by atoms with Crippen LogP contribution in [0.25, 0.3) is 11.3 Å². The van der Waals surface area contributed by atoms with Crippen LogP contribution in [-0.2, 0) is 4.74 Å². The maximum atomic E-state index is 13.2. The smallest absolute Gasteiger partial charge is 0.273 e. The topological polar surface area (TPSA) is 87.7 Å². The molecule has 0 fully saturated rings. The van der Waals surface area contributed by atoms with Gasteiger partial charge in [-0.2, -0.15) is 5.10 Å². The Hall–Kier alpha value is -3.32. The van der Waals surface area contributed by atoms with Gasteiger partial charge in [-0.05, 0) is 48.7 Å². The van der Waals surface area contributed by atoms with Gasteiger partial charge in [-0.15, -0.1) is 0 Å². The van der Waals surface area contributed by atoms with Gasteiger partial charge in [-0.1, -0.05) is 18.2 Å². The molecule has 156 valence electrons. The Morgan fingerprint density at radius 3 is 2.73 bits per heavy atom. The number of aryl methyl sites for hydroxylation is 2. The summed E-state index contributed by atoms with van der Waals surface area (Å²) in [4.78, 5) is 15.0. The molecule has 0 saturated carbocycles. The fourth-order valence-electron chi connectivity index (χ4n) is 4.12. The van der Waals surface area contributed by atoms with Crippen LogP contribution in [0.15, 0.2) is 36.4 Å². The van der Waals surface area contributed by atoms with E-state index in [2.05, 4.69) is 10.2 Å². The number of carbonyl (C=O) groups is 1. The Balaban J connectivity index is 1.92. The number of phenolic OH excluding ortho intramolecular Hbond substituents is 1. The highest BCUT2D eigenvalue weighted by atomic mass is 16.5. The first-order valence-electron chi connectivity index (χ1n) is 9.79. The monoisotopic (exact) mass is 407 g/mol. The third-order valence-electron chi connectivity index (χ3n) is 5.51. The van der Waals surface area contributed by atoms with E-state index in [-0.39, 0.29) is 17.7 Å². The summed E-state index contributed by atoms with van der Waals surface area (Å²) >= 11 is 0. The average Bonchev–Trinajstić information content (AvgIpc) is 3.28. The van der Waals surface area contributed by atoms with Gasteiger partial charge < -0.3 is 19.5 Å². The maximum Gasteiger partial charge on any atom is 0.273 e. The molecule has 1 aromatic heterocycles. The summed E-state index contributed by atoms with van der Waals surface area (Å²) < 4.78 is 10.6. The second-order valence-electron chi connectivity index (χ2n) is 7.51. The van der Waals surface area contributed by atoms with Crippen molar-refractivity contribution in [2.75, 3.05) is 27.4 Å². The summed E-state index contributed by atoms with van der Waals surface area (Å²) in [5.74, 6) is 0.735. The van der Waals surface area contributed by atoms with Crippen molar-refractivity contribution in [1.29, 1.82) is 0 Å². The third kappa shape index (κ3) is 3.21. The van der Waals surface area contributed by atoms with Crippen LogP contribution in [0.5, 0.6) is 11.5 Å². The lowest BCUT2D eigenvalue weighted by molar-refractivity contribution is 0.0677. The molecule has 1 unspecified atom stereocenters. The number of fused-ring (bicyclic) bond motifs is 1. The number of nitrogens with zero attached hydrogens (tertiary/aromatic N) is 2. The van der Waals surface area contributed by atoms with Crippen LogP contribution >= 0.6 is 0 Å². The summed E-state index contributed by atoms with van der Waals surface area (Å²) in [5.41, 5.74) is 5.06. The van der Waals surface area contributed by atoms with E-state index in [0.29, 0.717) is 35.9 Å². The van der Waals surface area contributed by atoms with Crippen molar-refractivity contribution in [1.82, 2.24) is 15.1 Å². The van der Waals surface area contributed by atoms with Crippen molar-refractivity contribution in [3.63, 3.8) is 0 Å². The third-order valence-corrected chi connectivity index (χ3v) is 5.51. The second-order valence-corrected chi connectivity index (χ2v) is 7.51. The van der Waals surface area contributed by atoms with Crippen molar-refractivity contribution >= 4 is 5.91 Å². The molecule has 0 spiro atoms. The first kappa shape index (κ1) is 20.0. The second kappa shape index (κ2) is 7.84. The number of phenols is 1. The van der Waals surface area contributed by atoms with Gasteiger partial charge in [-0.3, -0.25) is 9.89 Å². The summed E-state index contributed by atoms with van der Waals surface area (Å²) in [6.45, 7) is 4.67. The number of carbonyl (C=O) groups excluding carboxylic acids is 1. The molecule has 2 heterocycles. The fourth-order valence-corrected chi connectivity index (χ4v) is 4.12. The molecule has 7 nitrogen and oxygen atoms in total. The van der Waals surface area contributed by atoms with Crippen molar-refractivity contribution in [2.24, 2.45) is 0 Å². The lowest BCUT2D eigenvalue weighted by Crippen LogP contribution is -2.32. The van der Waals surface area contributed by atoms with Crippen LogP contribution in [0, 0.1) is 13.8 Å². The van der Waals surface area contributed by atoms with Gasteiger partial charge in [0.2, 0.25) is 0 Å². The molecular formula is C23H25N3O4. The Kier molecular flexibility index (Phi) is 5.22. The number of aromatic hydroxyl groups is 1. The van der Waals surface area contributed by atoms with E-state index in [0.717, 1.165) is 22.3 Å². The summed E-state index contributed by atoms with van der Waals surface area (Å²) in [6, 6.07) is 11.1. The van der Waals surface area contributed by atoms with Crippen LogP contribution in [-0.4, -0.2) is 53.5 Å². The Morgan fingerprint density at radius 2 is 2.00 bits per heavy atom. The van der Waals surface area contributed by atoms with Crippen molar-refractivity contribution < 1.29 is 19.4 Å². The number of aromatic amines is 1. The molecule has 30 heavy (non-hydrogen) atoms. The Bertz CT molecular complexity index is 1110. The number of aromatic nitrogens is 2. The predicted molar refractivity (Wildman–Crippen MR) is 113 cm³/mol. The van der Waals surface area contributed by atoms with E-state index >= 15 is 0 Å². The van der Waals surface area contributed by atoms with Gasteiger partial charge in [-0.25, -0.2) is 0 Å². The fraction of sp³-hybridized carbons (Fsp3) is 0.304. The van der Waals surface area contributed by atoms with E-state index in [1.54, 1.807) is 19.1 Å². The lowest BCUT2D eigenvalue weighted by Gasteiger charge is -2.26. The van der Waals surface area contributed by atoms with Gasteiger partial charge in [0, 0.05) is 24.8 Å². The molecule has 2 aromatic carbocycles. The Morgan fingerprint density at radius 1 is 1.20 bits per heavy atom. The standard InChI is InChI=1S/C23H25N3O4/c1-13-10-14(2)22(27)17(11-13)19-18-20(25-24-19)23(28)26(8-9-29-3)21(18)15-6-5-7-16(12-15)30-4/h5-7,10-12,21,27H,8-9H2,1-4H3,(H,24,25). The molecule has 0 aliphatic carbocycles. The highest BCUT2D eigenvalue weighted by molar-refractivity contribution is 6.00. The zero-order valence-electron chi connectivity index (χ0n) is 17.5. The zero-order chi connectivity index (χ0) is 21.4. The normalized spacial score (nSPS) is 15.5. The van der Waals surface area contributed by atoms with Crippen molar-refractivity contribution in [3.05, 3.63) is 64.3 Å². The Labute approximate surface area is 175 Å². The van der Waals surface area contributed by atoms with Crippen LogP contribution < -0.4 is 4.74 Å². The number of rotatable bonds is 6. The van der Waals surface area contributed by atoms with Crippen LogP contribution in [0.2, 0.25) is 0 Å². The number of hydrogen-bond donors (Lipinski definition) is 2. The lowest BCUT2D eigenvalue weighted by atomic mass is 9.94. The quantitative estimate of drug-likeness (QED) is 0.652. The van der Waals surface area contributed by atoms with Crippen LogP contribution in [0.1, 0.15) is 38.8 Å². The summed E-state index contributed by atoms with van der Waals surface area (Å²) in [7, 11) is 3.23. The minimum atomic E-state index is -0.369. The highest BCUT2D eigenvalue weighted by Gasteiger charge is 2.42. The van der Waals surface area contributed by atoms with Crippen molar-refractivity contribution in [2.45, 2.75) is 19.9 Å². The number of hydrogen-bond acceptors (Lipinski definition) is 5. The minimum absolute atomic E-state index is 0.141. The van der Waals surface area contributed by atoms with Gasteiger partial charge in [0.15, 0.2) is 0 Å². The van der Waals surface area contributed by atoms with E-state index in [9.17, 15) is 9.90 Å². The first-order valence-corrected chi connectivity index (χ1v) is 9.79. The van der Waals surface area contributed by atoms with E-state index in [4.69, 9.17) is 9.47 Å². The maximum absolute atomic E-state index is 13.2. The van der Waals surface area contributed by atoms with Crippen LogP contribution in [0.4, 0.5) is 0 Å². The molecule has 0 saturated heterocycles. The number of amides is 1. The molecule has 0 bridgehead atoms. The zero-order valence-corrected chi connectivity index (χ0v) is 17.5. The number of nitrogens with one attached hydrogen (secondary N) is 1. The summed E-state index contributed by atoms with van der Waals surface area (Å²) in [6.07, 6.45) is 0. The number of H-pyrrole nitrogens is 1. The number of ether oxygens (including phenoxy) is 2. The van der Waals surface area contributed by atoms with E-state index < -0.39 is 0 Å². The largest absolute Gasteiger partial charge is 0.507 e. The molecule has 7 heteroatoms. The molecule has 1 atom stereocenters. The minimum Gasteiger partial charge on any atom is -0.507 e. The van der Waals surface area contributed by atoms with Crippen molar-refractivity contribution in [3.8, 4) is 22.8 Å². The molecule has 3 aromatic rings. The SMILES string of the molecule is COCCN1C(=O)c2[nH]nc(-c3cc(C)cc(C)c3O)c2C1c1cccc(OC)c1. The highest BCUT2D eigenvalue weighted by Crippen LogP contribution is 2.45. The molecule has 1 aliphatic rings. The molecule has 4 rings (SSSR count). The molecular weight excluding hydrogens is 382 g/mol.